The van der Waals surface area contributed by atoms with Crippen molar-refractivity contribution in [3.8, 4) is 22.7 Å². The predicted octanol–water partition coefficient (Wildman–Crippen LogP) is 5.28. The molecule has 1 aromatic heterocycles. The van der Waals surface area contributed by atoms with Crippen LogP contribution >= 0.6 is 0 Å². The number of hydrogen-bond donors (Lipinski definition) is 1. The number of phenolic OH excluding ortho intramolecular Hbond substituents is 1. The maximum atomic E-state index is 13.3. The van der Waals surface area contributed by atoms with Gasteiger partial charge in [0.1, 0.15) is 11.6 Å². The zero-order chi connectivity index (χ0) is 20.2. The fourth-order valence-electron chi connectivity index (χ4n) is 2.98. The SMILES string of the molecule is O=C(/C=C/c1cn(-c2ccccc2)nc1-c1ccc(F)cc1)c1cccc(O)c1. The molecular formula is C24H17FN2O2. The molecule has 0 amide bonds. The van der Waals surface area contributed by atoms with Crippen molar-refractivity contribution in [2.24, 2.45) is 0 Å². The van der Waals surface area contributed by atoms with E-state index in [1.807, 2.05) is 36.5 Å². The molecule has 4 rings (SSSR count). The van der Waals surface area contributed by atoms with Gasteiger partial charge in [-0.2, -0.15) is 5.10 Å². The topological polar surface area (TPSA) is 55.1 Å². The minimum Gasteiger partial charge on any atom is -0.508 e. The molecule has 142 valence electrons. The molecule has 0 aliphatic carbocycles. The Morgan fingerprint density at radius 3 is 2.45 bits per heavy atom. The average Bonchev–Trinajstić information content (AvgIpc) is 3.17. The Morgan fingerprint density at radius 1 is 0.966 bits per heavy atom. The first kappa shape index (κ1) is 18.4. The number of carbonyl (C=O) groups is 1. The van der Waals surface area contributed by atoms with E-state index in [9.17, 15) is 14.3 Å². The van der Waals surface area contributed by atoms with E-state index >= 15 is 0 Å². The van der Waals surface area contributed by atoms with Crippen LogP contribution < -0.4 is 0 Å². The van der Waals surface area contributed by atoms with E-state index in [-0.39, 0.29) is 17.3 Å². The normalized spacial score (nSPS) is 11.1. The van der Waals surface area contributed by atoms with Crippen molar-refractivity contribution >= 4 is 11.9 Å². The largest absolute Gasteiger partial charge is 0.508 e. The second-order valence-corrected chi connectivity index (χ2v) is 6.47. The van der Waals surface area contributed by atoms with Crippen LogP contribution in [0.15, 0.2) is 91.1 Å². The first-order valence-corrected chi connectivity index (χ1v) is 9.02. The van der Waals surface area contributed by atoms with Crippen LogP contribution in [0.25, 0.3) is 23.0 Å². The van der Waals surface area contributed by atoms with Crippen LogP contribution in [0.3, 0.4) is 0 Å². The van der Waals surface area contributed by atoms with Gasteiger partial charge in [0.05, 0.1) is 11.4 Å². The number of carbonyl (C=O) groups excluding carboxylic acids is 1. The number of aromatic hydroxyl groups is 1. The summed E-state index contributed by atoms with van der Waals surface area (Å²) in [6.45, 7) is 0. The Kier molecular flexibility index (Phi) is 5.03. The quantitative estimate of drug-likeness (QED) is 0.376. The highest BCUT2D eigenvalue weighted by Gasteiger charge is 2.11. The zero-order valence-electron chi connectivity index (χ0n) is 15.4. The molecule has 4 nitrogen and oxygen atoms in total. The number of aromatic nitrogens is 2. The van der Waals surface area contributed by atoms with Crippen LogP contribution in [0.4, 0.5) is 4.39 Å². The Hall–Kier alpha value is -3.99. The van der Waals surface area contributed by atoms with E-state index in [1.165, 1.54) is 30.3 Å². The molecule has 0 atom stereocenters. The molecule has 0 unspecified atom stereocenters. The lowest BCUT2D eigenvalue weighted by atomic mass is 10.1. The van der Waals surface area contributed by atoms with Gasteiger partial charge in [-0.3, -0.25) is 4.79 Å². The Morgan fingerprint density at radius 2 is 1.72 bits per heavy atom. The van der Waals surface area contributed by atoms with Gasteiger partial charge < -0.3 is 5.11 Å². The maximum Gasteiger partial charge on any atom is 0.185 e. The highest BCUT2D eigenvalue weighted by atomic mass is 19.1. The van der Waals surface area contributed by atoms with E-state index in [0.29, 0.717) is 16.8 Å². The van der Waals surface area contributed by atoms with Gasteiger partial charge in [-0.15, -0.1) is 0 Å². The fourth-order valence-corrected chi connectivity index (χ4v) is 2.98. The molecule has 0 aliphatic heterocycles. The molecule has 3 aromatic carbocycles. The summed E-state index contributed by atoms with van der Waals surface area (Å²) in [5.74, 6) is -0.529. The molecule has 0 bridgehead atoms. The van der Waals surface area contributed by atoms with Crippen molar-refractivity contribution in [3.63, 3.8) is 0 Å². The van der Waals surface area contributed by atoms with E-state index < -0.39 is 0 Å². The summed E-state index contributed by atoms with van der Waals surface area (Å²) in [5, 5.41) is 14.2. The van der Waals surface area contributed by atoms with Gasteiger partial charge in [-0.25, -0.2) is 9.07 Å². The van der Waals surface area contributed by atoms with Crippen LogP contribution in [0.1, 0.15) is 15.9 Å². The first-order chi connectivity index (χ1) is 14.1. The van der Waals surface area contributed by atoms with Gasteiger partial charge in [-0.05, 0) is 60.7 Å². The molecule has 0 radical (unpaired) electrons. The molecule has 29 heavy (non-hydrogen) atoms. The molecule has 1 N–H and O–H groups in total. The summed E-state index contributed by atoms with van der Waals surface area (Å²) in [4.78, 5) is 12.5. The smallest absolute Gasteiger partial charge is 0.185 e. The van der Waals surface area contributed by atoms with Gasteiger partial charge in [0.15, 0.2) is 5.78 Å². The number of ketones is 1. The molecule has 0 aliphatic rings. The van der Waals surface area contributed by atoms with E-state index in [0.717, 1.165) is 11.3 Å². The van der Waals surface area contributed by atoms with Crippen molar-refractivity contribution in [1.29, 1.82) is 0 Å². The predicted molar refractivity (Wildman–Crippen MR) is 110 cm³/mol. The van der Waals surface area contributed by atoms with Crippen molar-refractivity contribution in [2.75, 3.05) is 0 Å². The zero-order valence-corrected chi connectivity index (χ0v) is 15.4. The van der Waals surface area contributed by atoms with Gasteiger partial charge in [0.25, 0.3) is 0 Å². The van der Waals surface area contributed by atoms with Gasteiger partial charge in [0, 0.05) is 22.9 Å². The number of allylic oxidation sites excluding steroid dienone is 1. The average molecular weight is 384 g/mol. The van der Waals surface area contributed by atoms with Crippen LogP contribution in [-0.4, -0.2) is 20.7 Å². The summed E-state index contributed by atoms with van der Waals surface area (Å²) in [7, 11) is 0. The van der Waals surface area contributed by atoms with Crippen molar-refractivity contribution in [3.05, 3.63) is 108 Å². The Balaban J connectivity index is 1.73. The van der Waals surface area contributed by atoms with Crippen LogP contribution in [0.5, 0.6) is 5.75 Å². The van der Waals surface area contributed by atoms with Gasteiger partial charge in [0.2, 0.25) is 0 Å². The lowest BCUT2D eigenvalue weighted by Crippen LogP contribution is -1.94. The summed E-state index contributed by atoms with van der Waals surface area (Å²) in [6.07, 6.45) is 4.94. The molecule has 0 fully saturated rings. The number of para-hydroxylation sites is 1. The molecule has 5 heteroatoms. The molecule has 0 saturated carbocycles. The number of benzene rings is 3. The summed E-state index contributed by atoms with van der Waals surface area (Å²) in [5.41, 5.74) is 3.35. The molecule has 0 saturated heterocycles. The standard InChI is InChI=1S/C24H17FN2O2/c25-20-12-9-17(10-13-20)24-19(16-27(26-24)21-6-2-1-3-7-21)11-14-23(29)18-5-4-8-22(28)15-18/h1-16,28H/b14-11+. The summed E-state index contributed by atoms with van der Waals surface area (Å²) < 4.78 is 15.1. The van der Waals surface area contributed by atoms with Crippen molar-refractivity contribution < 1.29 is 14.3 Å². The van der Waals surface area contributed by atoms with Gasteiger partial charge >= 0.3 is 0 Å². The van der Waals surface area contributed by atoms with E-state index in [2.05, 4.69) is 5.10 Å². The molecular weight excluding hydrogens is 367 g/mol. The van der Waals surface area contributed by atoms with Crippen LogP contribution in [-0.2, 0) is 0 Å². The van der Waals surface area contributed by atoms with E-state index in [1.54, 1.807) is 35.0 Å². The lowest BCUT2D eigenvalue weighted by molar-refractivity contribution is 0.104. The first-order valence-electron chi connectivity index (χ1n) is 9.02. The lowest BCUT2D eigenvalue weighted by Gasteiger charge is -2.00. The maximum absolute atomic E-state index is 13.3. The number of nitrogens with zero attached hydrogens (tertiary/aromatic N) is 2. The van der Waals surface area contributed by atoms with Crippen molar-refractivity contribution in [2.45, 2.75) is 0 Å². The number of phenols is 1. The number of rotatable bonds is 5. The van der Waals surface area contributed by atoms with Gasteiger partial charge in [-0.1, -0.05) is 30.3 Å². The highest BCUT2D eigenvalue weighted by Crippen LogP contribution is 2.25. The number of hydrogen-bond acceptors (Lipinski definition) is 3. The monoisotopic (exact) mass is 384 g/mol. The molecule has 4 aromatic rings. The Labute approximate surface area is 167 Å². The summed E-state index contributed by atoms with van der Waals surface area (Å²) >= 11 is 0. The minimum atomic E-state index is -0.326. The van der Waals surface area contributed by atoms with Crippen LogP contribution in [0.2, 0.25) is 0 Å². The number of halogens is 1. The van der Waals surface area contributed by atoms with E-state index in [4.69, 9.17) is 0 Å². The van der Waals surface area contributed by atoms with Crippen molar-refractivity contribution in [1.82, 2.24) is 9.78 Å². The third-order valence-electron chi connectivity index (χ3n) is 4.43. The minimum absolute atomic E-state index is 0.0353. The fraction of sp³-hybridized carbons (Fsp3) is 0. The third-order valence-corrected chi connectivity index (χ3v) is 4.43. The third kappa shape index (κ3) is 4.14. The molecule has 1 heterocycles. The Bertz CT molecular complexity index is 1180. The highest BCUT2D eigenvalue weighted by molar-refractivity contribution is 6.07. The summed E-state index contributed by atoms with van der Waals surface area (Å²) in [6, 6.07) is 21.8. The second kappa shape index (κ2) is 7.94. The second-order valence-electron chi connectivity index (χ2n) is 6.47. The molecule has 0 spiro atoms. The van der Waals surface area contributed by atoms with Crippen LogP contribution in [0, 0.1) is 5.82 Å².